The summed E-state index contributed by atoms with van der Waals surface area (Å²) in [4.78, 5) is 18.1. The fourth-order valence-corrected chi connectivity index (χ4v) is 2.03. The summed E-state index contributed by atoms with van der Waals surface area (Å²) in [5.74, 6) is 0.0305. The standard InChI is InChI=1S/C13H18N2O3/c1-10-9-18-12(8-16)7-15(10)13(17)6-11-4-2-3-5-14-11/h2-5,10,12,16H,6-9H2,1H3. The van der Waals surface area contributed by atoms with E-state index >= 15 is 0 Å². The quantitative estimate of drug-likeness (QED) is 0.834. The first-order valence-electron chi connectivity index (χ1n) is 6.12. The smallest absolute Gasteiger partial charge is 0.228 e. The Balaban J connectivity index is 1.99. The van der Waals surface area contributed by atoms with Crippen molar-refractivity contribution in [3.05, 3.63) is 30.1 Å². The molecular weight excluding hydrogens is 232 g/mol. The zero-order chi connectivity index (χ0) is 13.0. The second-order valence-corrected chi connectivity index (χ2v) is 4.53. The van der Waals surface area contributed by atoms with Gasteiger partial charge in [0.05, 0.1) is 31.8 Å². The minimum Gasteiger partial charge on any atom is -0.394 e. The van der Waals surface area contributed by atoms with Crippen molar-refractivity contribution in [3.8, 4) is 0 Å². The van der Waals surface area contributed by atoms with Crippen LogP contribution in [0.2, 0.25) is 0 Å². The molecule has 0 radical (unpaired) electrons. The fraction of sp³-hybridized carbons (Fsp3) is 0.538. The van der Waals surface area contributed by atoms with Crippen LogP contribution in [0.15, 0.2) is 24.4 Å². The van der Waals surface area contributed by atoms with E-state index in [1.165, 1.54) is 0 Å². The molecule has 1 aromatic heterocycles. The molecule has 1 aliphatic rings. The van der Waals surface area contributed by atoms with Crippen LogP contribution in [-0.2, 0) is 16.0 Å². The Bertz CT molecular complexity index is 396. The third-order valence-electron chi connectivity index (χ3n) is 3.09. The summed E-state index contributed by atoms with van der Waals surface area (Å²) in [7, 11) is 0. The van der Waals surface area contributed by atoms with E-state index in [0.29, 0.717) is 19.6 Å². The summed E-state index contributed by atoms with van der Waals surface area (Å²) >= 11 is 0. The normalized spacial score (nSPS) is 24.0. The van der Waals surface area contributed by atoms with Crippen LogP contribution in [0.1, 0.15) is 12.6 Å². The van der Waals surface area contributed by atoms with Gasteiger partial charge in [0.2, 0.25) is 5.91 Å². The van der Waals surface area contributed by atoms with Crippen LogP contribution >= 0.6 is 0 Å². The number of aliphatic hydroxyl groups excluding tert-OH is 1. The molecule has 0 saturated carbocycles. The highest BCUT2D eigenvalue weighted by atomic mass is 16.5. The fourth-order valence-electron chi connectivity index (χ4n) is 2.03. The molecule has 2 heterocycles. The number of rotatable bonds is 3. The number of carbonyl (C=O) groups excluding carboxylic acids is 1. The monoisotopic (exact) mass is 250 g/mol. The van der Waals surface area contributed by atoms with E-state index in [-0.39, 0.29) is 24.7 Å². The molecule has 5 nitrogen and oxygen atoms in total. The predicted octanol–water partition coefficient (Wildman–Crippen LogP) is 0.232. The van der Waals surface area contributed by atoms with Gasteiger partial charge in [0.25, 0.3) is 0 Å². The molecule has 2 atom stereocenters. The lowest BCUT2D eigenvalue weighted by Crippen LogP contribution is -2.52. The Morgan fingerprint density at radius 3 is 3.11 bits per heavy atom. The molecule has 1 fully saturated rings. The highest BCUT2D eigenvalue weighted by Crippen LogP contribution is 2.13. The number of hydrogen-bond donors (Lipinski definition) is 1. The average Bonchev–Trinajstić information content (AvgIpc) is 2.40. The summed E-state index contributed by atoms with van der Waals surface area (Å²) in [5, 5.41) is 9.09. The molecule has 0 bridgehead atoms. The number of nitrogens with zero attached hydrogens (tertiary/aromatic N) is 2. The van der Waals surface area contributed by atoms with Gasteiger partial charge in [0.15, 0.2) is 0 Å². The number of aromatic nitrogens is 1. The zero-order valence-electron chi connectivity index (χ0n) is 10.5. The summed E-state index contributed by atoms with van der Waals surface area (Å²) in [6, 6.07) is 5.58. The van der Waals surface area contributed by atoms with Gasteiger partial charge in [-0.25, -0.2) is 0 Å². The highest BCUT2D eigenvalue weighted by molar-refractivity contribution is 5.78. The summed E-state index contributed by atoms with van der Waals surface area (Å²) in [6.07, 6.45) is 1.71. The molecule has 1 amide bonds. The highest BCUT2D eigenvalue weighted by Gasteiger charge is 2.29. The van der Waals surface area contributed by atoms with E-state index in [1.807, 2.05) is 25.1 Å². The Hall–Kier alpha value is -1.46. The number of carbonyl (C=O) groups is 1. The first-order valence-corrected chi connectivity index (χ1v) is 6.12. The lowest BCUT2D eigenvalue weighted by molar-refractivity contribution is -0.145. The maximum atomic E-state index is 12.2. The van der Waals surface area contributed by atoms with Crippen molar-refractivity contribution in [3.63, 3.8) is 0 Å². The van der Waals surface area contributed by atoms with Crippen molar-refractivity contribution in [2.24, 2.45) is 0 Å². The summed E-state index contributed by atoms with van der Waals surface area (Å²) in [6.45, 7) is 2.81. The molecule has 98 valence electrons. The van der Waals surface area contributed by atoms with Crippen LogP contribution in [0.25, 0.3) is 0 Å². The molecule has 0 aromatic carbocycles. The Labute approximate surface area is 106 Å². The molecular formula is C13H18N2O3. The summed E-state index contributed by atoms with van der Waals surface area (Å²) < 4.78 is 5.41. The lowest BCUT2D eigenvalue weighted by atomic mass is 10.1. The topological polar surface area (TPSA) is 62.7 Å². The molecule has 2 rings (SSSR count). The zero-order valence-corrected chi connectivity index (χ0v) is 10.5. The molecule has 5 heteroatoms. The lowest BCUT2D eigenvalue weighted by Gasteiger charge is -2.37. The van der Waals surface area contributed by atoms with Gasteiger partial charge >= 0.3 is 0 Å². The van der Waals surface area contributed by atoms with E-state index in [0.717, 1.165) is 5.69 Å². The first kappa shape index (κ1) is 13.0. The van der Waals surface area contributed by atoms with Gasteiger partial charge in [-0.1, -0.05) is 6.07 Å². The Morgan fingerprint density at radius 1 is 1.61 bits per heavy atom. The third-order valence-corrected chi connectivity index (χ3v) is 3.09. The number of amides is 1. The van der Waals surface area contributed by atoms with Crippen molar-refractivity contribution < 1.29 is 14.6 Å². The Morgan fingerprint density at radius 2 is 2.44 bits per heavy atom. The van der Waals surface area contributed by atoms with Gasteiger partial charge in [-0.2, -0.15) is 0 Å². The van der Waals surface area contributed by atoms with Crippen molar-refractivity contribution in [2.45, 2.75) is 25.5 Å². The molecule has 1 aliphatic heterocycles. The largest absolute Gasteiger partial charge is 0.394 e. The van der Waals surface area contributed by atoms with Gasteiger partial charge < -0.3 is 14.7 Å². The molecule has 1 aromatic rings. The second kappa shape index (κ2) is 5.93. The Kier molecular flexibility index (Phi) is 4.28. The average molecular weight is 250 g/mol. The van der Waals surface area contributed by atoms with E-state index in [2.05, 4.69) is 4.98 Å². The minimum absolute atomic E-state index is 0.0305. The van der Waals surface area contributed by atoms with Crippen LogP contribution in [-0.4, -0.2) is 52.8 Å². The van der Waals surface area contributed by atoms with Gasteiger partial charge in [-0.05, 0) is 19.1 Å². The number of aliphatic hydroxyl groups is 1. The van der Waals surface area contributed by atoms with Crippen molar-refractivity contribution >= 4 is 5.91 Å². The van der Waals surface area contributed by atoms with Crippen LogP contribution < -0.4 is 0 Å². The molecule has 0 aliphatic carbocycles. The molecule has 1 saturated heterocycles. The molecule has 0 spiro atoms. The maximum absolute atomic E-state index is 12.2. The van der Waals surface area contributed by atoms with Crippen LogP contribution in [0.4, 0.5) is 0 Å². The van der Waals surface area contributed by atoms with Gasteiger partial charge in [0.1, 0.15) is 0 Å². The molecule has 18 heavy (non-hydrogen) atoms. The van der Waals surface area contributed by atoms with Crippen molar-refractivity contribution in [2.75, 3.05) is 19.8 Å². The molecule has 2 unspecified atom stereocenters. The summed E-state index contributed by atoms with van der Waals surface area (Å²) in [5.41, 5.74) is 0.766. The SMILES string of the molecule is CC1COC(CO)CN1C(=O)Cc1ccccn1. The second-order valence-electron chi connectivity index (χ2n) is 4.53. The van der Waals surface area contributed by atoms with Gasteiger partial charge in [-0.3, -0.25) is 9.78 Å². The van der Waals surface area contributed by atoms with Gasteiger partial charge in [0, 0.05) is 18.4 Å². The number of pyridine rings is 1. The van der Waals surface area contributed by atoms with E-state index in [1.54, 1.807) is 11.1 Å². The van der Waals surface area contributed by atoms with Gasteiger partial charge in [-0.15, -0.1) is 0 Å². The predicted molar refractivity (Wildman–Crippen MR) is 65.9 cm³/mol. The van der Waals surface area contributed by atoms with E-state index in [4.69, 9.17) is 9.84 Å². The third kappa shape index (κ3) is 3.05. The van der Waals surface area contributed by atoms with E-state index < -0.39 is 0 Å². The van der Waals surface area contributed by atoms with Crippen LogP contribution in [0.5, 0.6) is 0 Å². The number of hydrogen-bond acceptors (Lipinski definition) is 4. The number of ether oxygens (including phenoxy) is 1. The van der Waals surface area contributed by atoms with Crippen LogP contribution in [0, 0.1) is 0 Å². The number of morpholine rings is 1. The van der Waals surface area contributed by atoms with Crippen molar-refractivity contribution in [1.29, 1.82) is 0 Å². The van der Waals surface area contributed by atoms with E-state index in [9.17, 15) is 4.79 Å². The van der Waals surface area contributed by atoms with Crippen LogP contribution in [0.3, 0.4) is 0 Å². The van der Waals surface area contributed by atoms with Crippen molar-refractivity contribution in [1.82, 2.24) is 9.88 Å². The first-order chi connectivity index (χ1) is 8.70. The molecule has 1 N–H and O–H groups in total. The minimum atomic E-state index is -0.270. The maximum Gasteiger partial charge on any atom is 0.228 e.